The number of fused-ring (bicyclic) bond motifs is 1. The monoisotopic (exact) mass is 186 g/mol. The van der Waals surface area contributed by atoms with Crippen LogP contribution >= 0.6 is 35.3 Å². The van der Waals surface area contributed by atoms with Crippen LogP contribution in [-0.2, 0) is 0 Å². The second-order valence-electron chi connectivity index (χ2n) is 2.18. The first-order valence-electron chi connectivity index (χ1n) is 2.94. The van der Waals surface area contributed by atoms with Gasteiger partial charge >= 0.3 is 0 Å². The zero-order valence-electron chi connectivity index (χ0n) is 5.42. The number of thiophene rings is 2. The molecule has 0 unspecified atom stereocenters. The van der Waals surface area contributed by atoms with Crippen LogP contribution in [0, 0.1) is 6.92 Å². The lowest BCUT2D eigenvalue weighted by molar-refractivity contribution is 1.65. The van der Waals surface area contributed by atoms with Crippen molar-refractivity contribution in [1.29, 1.82) is 0 Å². The Morgan fingerprint density at radius 1 is 1.30 bits per heavy atom. The summed E-state index contributed by atoms with van der Waals surface area (Å²) in [5.74, 6) is 0. The first kappa shape index (κ1) is 6.70. The molecule has 2 rings (SSSR count). The minimum absolute atomic E-state index is 1.11. The summed E-state index contributed by atoms with van der Waals surface area (Å²) < 4.78 is 2.50. The predicted octanol–water partition coefficient (Wildman–Crippen LogP) is 3.56. The van der Waals surface area contributed by atoms with Gasteiger partial charge in [-0.25, -0.2) is 0 Å². The van der Waals surface area contributed by atoms with Crippen LogP contribution in [-0.4, -0.2) is 0 Å². The van der Waals surface area contributed by atoms with Crippen LogP contribution in [0.2, 0.25) is 0 Å². The molecule has 0 saturated heterocycles. The number of rotatable bonds is 0. The molecule has 2 heterocycles. The van der Waals surface area contributed by atoms with Gasteiger partial charge in [0, 0.05) is 10.3 Å². The Balaban J connectivity index is 2.83. The molecule has 0 radical (unpaired) electrons. The fourth-order valence-corrected chi connectivity index (χ4v) is 3.70. The van der Waals surface area contributed by atoms with Crippen molar-refractivity contribution in [1.82, 2.24) is 0 Å². The lowest BCUT2D eigenvalue weighted by atomic mass is 10.4. The molecule has 0 aliphatic carbocycles. The second-order valence-corrected chi connectivity index (χ2v) is 5.54. The Kier molecular flexibility index (Phi) is 1.51. The average molecular weight is 186 g/mol. The van der Waals surface area contributed by atoms with Gasteiger partial charge in [0.1, 0.15) is 0 Å². The Morgan fingerprint density at radius 2 is 2.10 bits per heavy atom. The smallest absolute Gasteiger partial charge is 0.0879 e. The first-order chi connectivity index (χ1) is 4.75. The Bertz CT molecular complexity index is 293. The maximum atomic E-state index is 4.27. The predicted molar refractivity (Wildman–Crippen MR) is 51.7 cm³/mol. The van der Waals surface area contributed by atoms with E-state index in [0.29, 0.717) is 0 Å². The van der Waals surface area contributed by atoms with Gasteiger partial charge in [-0.15, -0.1) is 35.3 Å². The summed E-state index contributed by atoms with van der Waals surface area (Å²) in [6.07, 6.45) is 0. The maximum Gasteiger partial charge on any atom is 0.0879 e. The Morgan fingerprint density at radius 3 is 2.80 bits per heavy atom. The number of hydrogen-bond donors (Lipinski definition) is 1. The molecular formula is C7H6S3. The van der Waals surface area contributed by atoms with Crippen LogP contribution in [0.15, 0.2) is 16.3 Å². The zero-order chi connectivity index (χ0) is 7.14. The minimum Gasteiger partial charge on any atom is -0.133 e. The second kappa shape index (κ2) is 2.26. The van der Waals surface area contributed by atoms with Crippen LogP contribution in [0.5, 0.6) is 0 Å². The molecule has 3 heteroatoms. The molecular weight excluding hydrogens is 180 g/mol. The Hall–Kier alpha value is 0.01000. The molecule has 0 nitrogen and oxygen atoms in total. The summed E-state index contributed by atoms with van der Waals surface area (Å²) in [6.45, 7) is 2.13. The summed E-state index contributed by atoms with van der Waals surface area (Å²) in [6, 6.07) is 4.32. The standard InChI is InChI=1S/C7H6S3/c1-4-2-5-3-6(8)10-7(5)9-4/h2-3,8H,1H3. The maximum absolute atomic E-state index is 4.27. The van der Waals surface area contributed by atoms with Crippen molar-refractivity contribution in [3.63, 3.8) is 0 Å². The summed E-state index contributed by atoms with van der Waals surface area (Å²) in [5, 5.41) is 1.34. The zero-order valence-corrected chi connectivity index (χ0v) is 7.95. The van der Waals surface area contributed by atoms with Gasteiger partial charge in [-0.05, 0) is 19.1 Å². The number of hydrogen-bond acceptors (Lipinski definition) is 3. The molecule has 0 bridgehead atoms. The van der Waals surface area contributed by atoms with Gasteiger partial charge in [0.05, 0.1) is 8.22 Å². The fourth-order valence-electron chi connectivity index (χ4n) is 0.950. The average Bonchev–Trinajstić information content (AvgIpc) is 2.21. The number of aryl methyl sites for hydroxylation is 1. The van der Waals surface area contributed by atoms with E-state index in [4.69, 9.17) is 0 Å². The highest BCUT2D eigenvalue weighted by Crippen LogP contribution is 2.34. The van der Waals surface area contributed by atoms with Crippen molar-refractivity contribution in [2.45, 2.75) is 11.1 Å². The third kappa shape index (κ3) is 0.983. The van der Waals surface area contributed by atoms with Crippen LogP contribution in [0.25, 0.3) is 9.40 Å². The molecule has 0 spiro atoms. The van der Waals surface area contributed by atoms with Crippen molar-refractivity contribution in [3.8, 4) is 0 Å². The van der Waals surface area contributed by atoms with Gasteiger partial charge in [0.2, 0.25) is 0 Å². The van der Waals surface area contributed by atoms with Gasteiger partial charge < -0.3 is 0 Å². The molecule has 2 aromatic heterocycles. The first-order valence-corrected chi connectivity index (χ1v) is 5.03. The molecule has 0 atom stereocenters. The quantitative estimate of drug-likeness (QED) is 0.598. The molecule has 0 saturated carbocycles. The van der Waals surface area contributed by atoms with Crippen molar-refractivity contribution in [2.24, 2.45) is 0 Å². The van der Waals surface area contributed by atoms with Crippen LogP contribution in [0.4, 0.5) is 0 Å². The third-order valence-corrected chi connectivity index (χ3v) is 3.84. The van der Waals surface area contributed by atoms with E-state index in [9.17, 15) is 0 Å². The van der Waals surface area contributed by atoms with E-state index in [0.717, 1.165) is 4.21 Å². The lowest BCUT2D eigenvalue weighted by Gasteiger charge is -1.74. The van der Waals surface area contributed by atoms with E-state index < -0.39 is 0 Å². The van der Waals surface area contributed by atoms with Crippen molar-refractivity contribution in [2.75, 3.05) is 0 Å². The van der Waals surface area contributed by atoms with Crippen LogP contribution in [0.1, 0.15) is 4.88 Å². The lowest BCUT2D eigenvalue weighted by Crippen LogP contribution is -1.48. The molecule has 0 fully saturated rings. The van der Waals surface area contributed by atoms with E-state index in [1.165, 1.54) is 14.3 Å². The minimum atomic E-state index is 1.11. The third-order valence-electron chi connectivity index (χ3n) is 1.32. The topological polar surface area (TPSA) is 0 Å². The van der Waals surface area contributed by atoms with Crippen molar-refractivity contribution in [3.05, 3.63) is 17.0 Å². The molecule has 0 amide bonds. The van der Waals surface area contributed by atoms with Gasteiger partial charge in [0.15, 0.2) is 0 Å². The summed E-state index contributed by atoms with van der Waals surface area (Å²) >= 11 is 7.87. The molecule has 2 aromatic rings. The summed E-state index contributed by atoms with van der Waals surface area (Å²) in [5.41, 5.74) is 0. The molecule has 52 valence electrons. The molecule has 0 aliphatic heterocycles. The SMILES string of the molecule is Cc1cc2cc(S)sc2s1. The van der Waals surface area contributed by atoms with E-state index in [2.05, 4.69) is 31.7 Å². The van der Waals surface area contributed by atoms with Crippen LogP contribution < -0.4 is 0 Å². The van der Waals surface area contributed by atoms with Crippen molar-refractivity contribution >= 4 is 44.7 Å². The fraction of sp³-hybridized carbons (Fsp3) is 0.143. The Labute approximate surface area is 72.9 Å². The summed E-state index contributed by atoms with van der Waals surface area (Å²) in [7, 11) is 0. The van der Waals surface area contributed by atoms with E-state index in [1.54, 1.807) is 11.3 Å². The molecule has 0 N–H and O–H groups in total. The van der Waals surface area contributed by atoms with Crippen molar-refractivity contribution < 1.29 is 0 Å². The summed E-state index contributed by atoms with van der Waals surface area (Å²) in [4.78, 5) is 1.38. The highest BCUT2D eigenvalue weighted by atomic mass is 32.2. The normalized spacial score (nSPS) is 11.0. The van der Waals surface area contributed by atoms with E-state index in [-0.39, 0.29) is 0 Å². The largest absolute Gasteiger partial charge is 0.133 e. The van der Waals surface area contributed by atoms with Gasteiger partial charge in [-0.1, -0.05) is 0 Å². The van der Waals surface area contributed by atoms with Gasteiger partial charge in [-0.2, -0.15) is 0 Å². The van der Waals surface area contributed by atoms with E-state index >= 15 is 0 Å². The van der Waals surface area contributed by atoms with Crippen LogP contribution in [0.3, 0.4) is 0 Å². The highest BCUT2D eigenvalue weighted by molar-refractivity contribution is 7.83. The van der Waals surface area contributed by atoms with Gasteiger partial charge in [-0.3, -0.25) is 0 Å². The van der Waals surface area contributed by atoms with E-state index in [1.807, 2.05) is 11.3 Å². The molecule has 0 aromatic carbocycles. The highest BCUT2D eigenvalue weighted by Gasteiger charge is 2.00. The molecule has 0 aliphatic rings. The number of thiol groups is 1. The molecule has 10 heavy (non-hydrogen) atoms. The van der Waals surface area contributed by atoms with Gasteiger partial charge in [0.25, 0.3) is 0 Å².